The first-order chi connectivity index (χ1) is 9.43. The van der Waals surface area contributed by atoms with E-state index in [9.17, 15) is 9.59 Å². The van der Waals surface area contributed by atoms with Crippen molar-refractivity contribution in [2.45, 2.75) is 33.4 Å². The topological polar surface area (TPSA) is 99.2 Å². The Morgan fingerprint density at radius 3 is 2.75 bits per heavy atom. The van der Waals surface area contributed by atoms with Crippen molar-refractivity contribution in [3.05, 3.63) is 22.6 Å². The van der Waals surface area contributed by atoms with Gasteiger partial charge in [0.05, 0.1) is 6.20 Å². The zero-order valence-corrected chi connectivity index (χ0v) is 12.1. The number of nitrogens with one attached hydrogen (secondary N) is 1. The van der Waals surface area contributed by atoms with Crippen LogP contribution in [0.15, 0.2) is 17.1 Å². The summed E-state index contributed by atoms with van der Waals surface area (Å²) in [4.78, 5) is 23.5. The molecule has 0 aromatic carbocycles. The second-order valence-corrected chi connectivity index (χ2v) is 4.92. The molecule has 1 heterocycles. The lowest BCUT2D eigenvalue weighted by Crippen LogP contribution is -2.40. The standard InChI is InChI=1S/C13H22N4O3/c1-9(2)10(3)16-12(18)8-17-13(19)6-11(7-15-17)20-5-4-14/h6-7,9-10H,4-5,8,14H2,1-3H3,(H,16,18). The summed E-state index contributed by atoms with van der Waals surface area (Å²) in [5.74, 6) is 0.444. The average Bonchev–Trinajstić information content (AvgIpc) is 2.39. The second-order valence-electron chi connectivity index (χ2n) is 4.92. The molecular weight excluding hydrogens is 260 g/mol. The number of nitrogens with zero attached hydrogens (tertiary/aromatic N) is 2. The van der Waals surface area contributed by atoms with Crippen LogP contribution in [0, 0.1) is 5.92 Å². The minimum absolute atomic E-state index is 0.0466. The third-order valence-electron chi connectivity index (χ3n) is 2.91. The molecule has 0 aliphatic rings. The van der Waals surface area contributed by atoms with Crippen molar-refractivity contribution in [3.63, 3.8) is 0 Å². The van der Waals surface area contributed by atoms with E-state index in [1.165, 1.54) is 12.3 Å². The SMILES string of the molecule is CC(C)C(C)NC(=O)Cn1ncc(OCCN)cc1=O. The molecule has 0 saturated carbocycles. The van der Waals surface area contributed by atoms with Gasteiger partial charge in [-0.2, -0.15) is 5.10 Å². The van der Waals surface area contributed by atoms with Gasteiger partial charge in [0.1, 0.15) is 18.9 Å². The Morgan fingerprint density at radius 1 is 1.50 bits per heavy atom. The van der Waals surface area contributed by atoms with Gasteiger partial charge in [-0.25, -0.2) is 4.68 Å². The fraction of sp³-hybridized carbons (Fsp3) is 0.615. The van der Waals surface area contributed by atoms with Gasteiger partial charge in [-0.3, -0.25) is 9.59 Å². The summed E-state index contributed by atoms with van der Waals surface area (Å²) < 4.78 is 6.29. The normalized spacial score (nSPS) is 12.2. The average molecular weight is 282 g/mol. The summed E-state index contributed by atoms with van der Waals surface area (Å²) in [5.41, 5.74) is 4.92. The fourth-order valence-electron chi connectivity index (χ4n) is 1.39. The number of rotatable bonds is 7. The molecule has 1 unspecified atom stereocenters. The first kappa shape index (κ1) is 16.2. The third kappa shape index (κ3) is 5.00. The molecule has 0 aliphatic heterocycles. The Hall–Kier alpha value is -1.89. The van der Waals surface area contributed by atoms with E-state index in [0.29, 0.717) is 24.8 Å². The molecule has 0 bridgehead atoms. The highest BCUT2D eigenvalue weighted by Crippen LogP contribution is 2.03. The molecule has 3 N–H and O–H groups in total. The fourth-order valence-corrected chi connectivity index (χ4v) is 1.39. The first-order valence-electron chi connectivity index (χ1n) is 6.63. The van der Waals surface area contributed by atoms with Gasteiger partial charge >= 0.3 is 0 Å². The molecule has 0 aliphatic carbocycles. The molecule has 1 amide bonds. The lowest BCUT2D eigenvalue weighted by atomic mass is 10.1. The second kappa shape index (κ2) is 7.64. The van der Waals surface area contributed by atoms with Crippen LogP contribution in [0.2, 0.25) is 0 Å². The van der Waals surface area contributed by atoms with Crippen LogP contribution in [0.25, 0.3) is 0 Å². The molecule has 0 fully saturated rings. The summed E-state index contributed by atoms with van der Waals surface area (Å²) >= 11 is 0. The van der Waals surface area contributed by atoms with Crippen molar-refractivity contribution in [2.75, 3.05) is 13.2 Å². The third-order valence-corrected chi connectivity index (χ3v) is 2.91. The van der Waals surface area contributed by atoms with Crippen molar-refractivity contribution in [2.24, 2.45) is 11.7 Å². The highest BCUT2D eigenvalue weighted by molar-refractivity contribution is 5.75. The maximum atomic E-state index is 11.8. The molecule has 112 valence electrons. The van der Waals surface area contributed by atoms with Gasteiger partial charge in [-0.15, -0.1) is 0 Å². The predicted molar refractivity (Wildman–Crippen MR) is 75.5 cm³/mol. The van der Waals surface area contributed by atoms with Crippen molar-refractivity contribution < 1.29 is 9.53 Å². The number of carbonyl (C=O) groups excluding carboxylic acids is 1. The molecule has 1 atom stereocenters. The maximum Gasteiger partial charge on any atom is 0.270 e. The zero-order valence-electron chi connectivity index (χ0n) is 12.1. The smallest absolute Gasteiger partial charge is 0.270 e. The largest absolute Gasteiger partial charge is 0.490 e. The number of amides is 1. The van der Waals surface area contributed by atoms with E-state index in [1.807, 2.05) is 20.8 Å². The number of carbonyl (C=O) groups is 1. The van der Waals surface area contributed by atoms with Gasteiger partial charge in [-0.1, -0.05) is 13.8 Å². The quantitative estimate of drug-likeness (QED) is 0.718. The Labute approximate surface area is 118 Å². The van der Waals surface area contributed by atoms with E-state index < -0.39 is 0 Å². The van der Waals surface area contributed by atoms with Crippen LogP contribution < -0.4 is 21.3 Å². The zero-order chi connectivity index (χ0) is 15.1. The molecule has 0 spiro atoms. The van der Waals surface area contributed by atoms with E-state index in [4.69, 9.17) is 10.5 Å². The number of hydrogen-bond acceptors (Lipinski definition) is 5. The molecule has 1 rings (SSSR count). The van der Waals surface area contributed by atoms with Crippen molar-refractivity contribution in [3.8, 4) is 5.75 Å². The minimum atomic E-state index is -0.383. The summed E-state index contributed by atoms with van der Waals surface area (Å²) in [6, 6.07) is 1.34. The van der Waals surface area contributed by atoms with E-state index in [0.717, 1.165) is 4.68 Å². The maximum absolute atomic E-state index is 11.8. The van der Waals surface area contributed by atoms with Crippen LogP contribution >= 0.6 is 0 Å². The molecular formula is C13H22N4O3. The van der Waals surface area contributed by atoms with Crippen LogP contribution in [0.1, 0.15) is 20.8 Å². The Morgan fingerprint density at radius 2 is 2.20 bits per heavy atom. The van der Waals surface area contributed by atoms with E-state index >= 15 is 0 Å². The number of aromatic nitrogens is 2. The first-order valence-corrected chi connectivity index (χ1v) is 6.63. The molecule has 0 radical (unpaired) electrons. The summed E-state index contributed by atoms with van der Waals surface area (Å²) in [6.45, 7) is 6.52. The number of hydrogen-bond donors (Lipinski definition) is 2. The van der Waals surface area contributed by atoms with Gasteiger partial charge in [0, 0.05) is 18.7 Å². The van der Waals surface area contributed by atoms with E-state index in [2.05, 4.69) is 10.4 Å². The number of nitrogens with two attached hydrogens (primary N) is 1. The lowest BCUT2D eigenvalue weighted by molar-refractivity contribution is -0.122. The van der Waals surface area contributed by atoms with Crippen molar-refractivity contribution >= 4 is 5.91 Å². The van der Waals surface area contributed by atoms with Gasteiger partial charge < -0.3 is 15.8 Å². The van der Waals surface area contributed by atoms with E-state index in [1.54, 1.807) is 0 Å². The molecule has 20 heavy (non-hydrogen) atoms. The van der Waals surface area contributed by atoms with Crippen LogP contribution in [-0.2, 0) is 11.3 Å². The van der Waals surface area contributed by atoms with Gasteiger partial charge in [0.2, 0.25) is 5.91 Å². The van der Waals surface area contributed by atoms with Crippen molar-refractivity contribution in [1.29, 1.82) is 0 Å². The molecule has 1 aromatic heterocycles. The molecule has 7 nitrogen and oxygen atoms in total. The van der Waals surface area contributed by atoms with Crippen molar-refractivity contribution in [1.82, 2.24) is 15.1 Å². The van der Waals surface area contributed by atoms with E-state index in [-0.39, 0.29) is 24.1 Å². The van der Waals surface area contributed by atoms with Crippen LogP contribution in [0.3, 0.4) is 0 Å². The Kier molecular flexibility index (Phi) is 6.17. The summed E-state index contributed by atoms with van der Waals surface area (Å²) in [5, 5.41) is 6.72. The Balaban J connectivity index is 2.64. The highest BCUT2D eigenvalue weighted by atomic mass is 16.5. The number of ether oxygens (including phenoxy) is 1. The van der Waals surface area contributed by atoms with Gasteiger partial charge in [-0.05, 0) is 12.8 Å². The highest BCUT2D eigenvalue weighted by Gasteiger charge is 2.12. The summed E-state index contributed by atoms with van der Waals surface area (Å²) in [7, 11) is 0. The molecule has 7 heteroatoms. The van der Waals surface area contributed by atoms with Crippen LogP contribution in [0.4, 0.5) is 0 Å². The minimum Gasteiger partial charge on any atom is -0.490 e. The predicted octanol–water partition coefficient (Wildman–Crippen LogP) is -0.258. The monoisotopic (exact) mass is 282 g/mol. The molecule has 1 aromatic rings. The molecule has 0 saturated heterocycles. The van der Waals surface area contributed by atoms with Crippen LogP contribution in [-0.4, -0.2) is 34.9 Å². The summed E-state index contributed by atoms with van der Waals surface area (Å²) in [6.07, 6.45) is 1.40. The van der Waals surface area contributed by atoms with Crippen LogP contribution in [0.5, 0.6) is 5.75 Å². The lowest BCUT2D eigenvalue weighted by Gasteiger charge is -2.17. The Bertz CT molecular complexity index is 499. The van der Waals surface area contributed by atoms with Gasteiger partial charge in [0.15, 0.2) is 0 Å². The van der Waals surface area contributed by atoms with Gasteiger partial charge in [0.25, 0.3) is 5.56 Å².